The molecule has 0 aliphatic carbocycles. The van der Waals surface area contributed by atoms with Crippen LogP contribution in [0.1, 0.15) is 17.2 Å². The lowest BCUT2D eigenvalue weighted by atomic mass is 9.99. The van der Waals surface area contributed by atoms with E-state index in [-0.39, 0.29) is 5.56 Å². The number of nitrogens with two attached hydrogens (primary N) is 1. The fourth-order valence-electron chi connectivity index (χ4n) is 1.69. The Morgan fingerprint density at radius 1 is 0.944 bits per heavy atom. The molecule has 0 aliphatic heterocycles. The van der Waals surface area contributed by atoms with Crippen molar-refractivity contribution in [3.63, 3.8) is 0 Å². The van der Waals surface area contributed by atoms with Crippen LogP contribution in [0.2, 0.25) is 0 Å². The van der Waals surface area contributed by atoms with Gasteiger partial charge in [-0.15, -0.1) is 0 Å². The summed E-state index contributed by atoms with van der Waals surface area (Å²) in [5.74, 6) is -1.25. The van der Waals surface area contributed by atoms with E-state index in [1.54, 1.807) is 12.1 Å². The molecule has 2 rings (SSSR count). The van der Waals surface area contributed by atoms with Gasteiger partial charge in [0.05, 0.1) is 6.04 Å². The third kappa shape index (κ3) is 2.96. The molecule has 0 saturated heterocycles. The van der Waals surface area contributed by atoms with Crippen LogP contribution in [-0.4, -0.2) is 0 Å². The van der Waals surface area contributed by atoms with Crippen molar-refractivity contribution in [2.24, 2.45) is 5.73 Å². The molecule has 94 valence electrons. The van der Waals surface area contributed by atoms with E-state index in [4.69, 9.17) is 5.73 Å². The second-order valence-electron chi connectivity index (χ2n) is 3.85. The van der Waals surface area contributed by atoms with Gasteiger partial charge in [-0.25, -0.2) is 8.78 Å². The van der Waals surface area contributed by atoms with Crippen molar-refractivity contribution in [2.75, 3.05) is 0 Å². The predicted octanol–water partition coefficient (Wildman–Crippen LogP) is 4.54. The summed E-state index contributed by atoms with van der Waals surface area (Å²) >= 11 is 6.69. The van der Waals surface area contributed by atoms with Crippen LogP contribution in [-0.2, 0) is 0 Å². The van der Waals surface area contributed by atoms with Gasteiger partial charge in [0.15, 0.2) is 0 Å². The first-order chi connectivity index (χ1) is 8.47. The molecule has 1 nitrogen and oxygen atoms in total. The highest BCUT2D eigenvalue weighted by Gasteiger charge is 2.15. The molecule has 5 heteroatoms. The van der Waals surface area contributed by atoms with Gasteiger partial charge in [-0.2, -0.15) is 0 Å². The van der Waals surface area contributed by atoms with Gasteiger partial charge in [-0.05, 0) is 29.8 Å². The Balaban J connectivity index is 2.44. The van der Waals surface area contributed by atoms with Crippen LogP contribution in [0.3, 0.4) is 0 Å². The van der Waals surface area contributed by atoms with E-state index in [9.17, 15) is 8.78 Å². The van der Waals surface area contributed by atoms with Crippen molar-refractivity contribution in [1.82, 2.24) is 0 Å². The van der Waals surface area contributed by atoms with Crippen LogP contribution < -0.4 is 5.73 Å². The molecule has 0 amide bonds. The Morgan fingerprint density at radius 3 is 2.11 bits per heavy atom. The van der Waals surface area contributed by atoms with Crippen molar-refractivity contribution in [2.45, 2.75) is 6.04 Å². The summed E-state index contributed by atoms with van der Waals surface area (Å²) in [6.07, 6.45) is 0. The van der Waals surface area contributed by atoms with Gasteiger partial charge in [0.2, 0.25) is 0 Å². The molecule has 0 aromatic heterocycles. The maximum absolute atomic E-state index is 13.6. The lowest BCUT2D eigenvalue weighted by molar-refractivity contribution is 0.566. The van der Waals surface area contributed by atoms with E-state index in [1.807, 2.05) is 6.07 Å². The zero-order chi connectivity index (χ0) is 13.3. The Bertz CT molecular complexity index is 567. The summed E-state index contributed by atoms with van der Waals surface area (Å²) in [7, 11) is 0. The number of hydrogen-bond acceptors (Lipinski definition) is 1. The first-order valence-corrected chi connectivity index (χ1v) is 6.72. The minimum atomic E-state index is -0.640. The molecule has 0 heterocycles. The third-order valence-electron chi connectivity index (χ3n) is 2.54. The van der Waals surface area contributed by atoms with Crippen LogP contribution >= 0.6 is 31.9 Å². The van der Waals surface area contributed by atoms with Crippen LogP contribution in [0.15, 0.2) is 45.3 Å². The number of halogens is 4. The molecule has 0 radical (unpaired) electrons. The van der Waals surface area contributed by atoms with Crippen molar-refractivity contribution in [3.8, 4) is 0 Å². The van der Waals surface area contributed by atoms with Gasteiger partial charge in [0.25, 0.3) is 0 Å². The van der Waals surface area contributed by atoms with Gasteiger partial charge in [0.1, 0.15) is 11.6 Å². The Kier molecular flexibility index (Phi) is 4.14. The molecular weight excluding hydrogens is 368 g/mol. The van der Waals surface area contributed by atoms with Gasteiger partial charge in [-0.3, -0.25) is 0 Å². The molecule has 2 N–H and O–H groups in total. The molecule has 0 saturated carbocycles. The summed E-state index contributed by atoms with van der Waals surface area (Å²) in [6, 6.07) is 8.23. The molecule has 0 aliphatic rings. The van der Waals surface area contributed by atoms with Crippen LogP contribution in [0.25, 0.3) is 0 Å². The van der Waals surface area contributed by atoms with Gasteiger partial charge in [-0.1, -0.05) is 37.9 Å². The second kappa shape index (κ2) is 5.47. The lowest BCUT2D eigenvalue weighted by Gasteiger charge is -2.14. The minimum Gasteiger partial charge on any atom is -0.320 e. The van der Waals surface area contributed by atoms with E-state index >= 15 is 0 Å². The highest BCUT2D eigenvalue weighted by atomic mass is 79.9. The highest BCUT2D eigenvalue weighted by Crippen LogP contribution is 2.28. The van der Waals surface area contributed by atoms with Crippen molar-refractivity contribution < 1.29 is 8.78 Å². The molecule has 2 aromatic carbocycles. The number of rotatable bonds is 2. The normalized spacial score (nSPS) is 12.5. The average molecular weight is 377 g/mol. The molecule has 18 heavy (non-hydrogen) atoms. The van der Waals surface area contributed by atoms with E-state index in [1.165, 1.54) is 12.1 Å². The first-order valence-electron chi connectivity index (χ1n) is 5.14. The Morgan fingerprint density at radius 2 is 1.56 bits per heavy atom. The fraction of sp³-hybridized carbons (Fsp3) is 0.0769. The fourth-order valence-corrected chi connectivity index (χ4v) is 3.02. The SMILES string of the molecule is NC(c1cc(Br)cc(Br)c1)c1ccc(F)cc1F. The van der Waals surface area contributed by atoms with Crippen LogP contribution in [0.4, 0.5) is 8.78 Å². The number of benzene rings is 2. The molecule has 0 bridgehead atoms. The average Bonchev–Trinajstić information content (AvgIpc) is 2.26. The monoisotopic (exact) mass is 375 g/mol. The van der Waals surface area contributed by atoms with Crippen molar-refractivity contribution in [1.29, 1.82) is 0 Å². The Labute approximate surface area is 120 Å². The maximum Gasteiger partial charge on any atom is 0.131 e. The minimum absolute atomic E-state index is 0.265. The zero-order valence-corrected chi connectivity index (χ0v) is 12.3. The summed E-state index contributed by atoms with van der Waals surface area (Å²) in [6.45, 7) is 0. The molecule has 0 fully saturated rings. The molecule has 1 atom stereocenters. The van der Waals surface area contributed by atoms with Crippen molar-refractivity contribution in [3.05, 3.63) is 68.1 Å². The standard InChI is InChI=1S/C13H9Br2F2N/c14-8-3-7(4-9(15)5-8)13(18)11-2-1-10(16)6-12(11)17/h1-6,13H,18H2. The topological polar surface area (TPSA) is 26.0 Å². The molecule has 2 aromatic rings. The van der Waals surface area contributed by atoms with Crippen molar-refractivity contribution >= 4 is 31.9 Å². The van der Waals surface area contributed by atoms with E-state index < -0.39 is 17.7 Å². The Hall–Kier alpha value is -0.780. The second-order valence-corrected chi connectivity index (χ2v) is 5.68. The maximum atomic E-state index is 13.6. The number of hydrogen-bond donors (Lipinski definition) is 1. The van der Waals surface area contributed by atoms with Gasteiger partial charge < -0.3 is 5.73 Å². The first kappa shape index (κ1) is 13.6. The van der Waals surface area contributed by atoms with E-state index in [0.29, 0.717) is 0 Å². The molecule has 1 unspecified atom stereocenters. The van der Waals surface area contributed by atoms with Crippen LogP contribution in [0, 0.1) is 11.6 Å². The largest absolute Gasteiger partial charge is 0.320 e. The molecule has 0 spiro atoms. The summed E-state index contributed by atoms with van der Waals surface area (Å²) in [5.41, 5.74) is 7.00. The third-order valence-corrected chi connectivity index (χ3v) is 3.46. The van der Waals surface area contributed by atoms with Gasteiger partial charge >= 0.3 is 0 Å². The molecular formula is C13H9Br2F2N. The zero-order valence-electron chi connectivity index (χ0n) is 9.13. The van der Waals surface area contributed by atoms with Crippen LogP contribution in [0.5, 0.6) is 0 Å². The smallest absolute Gasteiger partial charge is 0.131 e. The highest BCUT2D eigenvalue weighted by molar-refractivity contribution is 9.11. The summed E-state index contributed by atoms with van der Waals surface area (Å²) < 4.78 is 28.2. The van der Waals surface area contributed by atoms with E-state index in [0.717, 1.165) is 20.6 Å². The lowest BCUT2D eigenvalue weighted by Crippen LogP contribution is -2.13. The summed E-state index contributed by atoms with van der Waals surface area (Å²) in [4.78, 5) is 0. The predicted molar refractivity (Wildman–Crippen MR) is 74.2 cm³/mol. The van der Waals surface area contributed by atoms with Gasteiger partial charge in [0, 0.05) is 20.6 Å². The van der Waals surface area contributed by atoms with E-state index in [2.05, 4.69) is 31.9 Å². The quantitative estimate of drug-likeness (QED) is 0.818. The summed E-state index contributed by atoms with van der Waals surface area (Å²) in [5, 5.41) is 0.